The molecule has 122 valence electrons. The number of H-pyrrole nitrogens is 1. The van der Waals surface area contributed by atoms with Crippen molar-refractivity contribution in [1.29, 1.82) is 0 Å². The van der Waals surface area contributed by atoms with Crippen molar-refractivity contribution in [2.75, 3.05) is 0 Å². The number of carbonyl (C=O) groups is 1. The van der Waals surface area contributed by atoms with Crippen molar-refractivity contribution in [3.05, 3.63) is 63.6 Å². The van der Waals surface area contributed by atoms with E-state index in [9.17, 15) is 4.79 Å². The summed E-state index contributed by atoms with van der Waals surface area (Å²) in [6.45, 7) is 0.594. The largest absolute Gasteiger partial charge is 0.348 e. The van der Waals surface area contributed by atoms with Crippen LogP contribution in [0.15, 0.2) is 42.0 Å². The number of carbonyl (C=O) groups excluding carboxylic acids is 1. The molecule has 1 amide bonds. The van der Waals surface area contributed by atoms with E-state index in [-0.39, 0.29) is 5.91 Å². The predicted molar refractivity (Wildman–Crippen MR) is 96.2 cm³/mol. The summed E-state index contributed by atoms with van der Waals surface area (Å²) in [6.07, 6.45) is 8.34. The number of amides is 1. The molecule has 4 rings (SSSR count). The van der Waals surface area contributed by atoms with Gasteiger partial charge in [-0.1, -0.05) is 18.2 Å². The van der Waals surface area contributed by atoms with Gasteiger partial charge in [-0.05, 0) is 48.3 Å². The van der Waals surface area contributed by atoms with E-state index in [1.54, 1.807) is 12.4 Å². The summed E-state index contributed by atoms with van der Waals surface area (Å²) in [5, 5.41) is 5.28. The predicted octanol–water partition coefficient (Wildman–Crippen LogP) is 3.95. The highest BCUT2D eigenvalue weighted by Crippen LogP contribution is 2.30. The highest BCUT2D eigenvalue weighted by Gasteiger charge is 2.17. The van der Waals surface area contributed by atoms with Gasteiger partial charge in [0.15, 0.2) is 0 Å². The van der Waals surface area contributed by atoms with Crippen LogP contribution in [0.2, 0.25) is 0 Å². The molecule has 0 radical (unpaired) electrons. The minimum atomic E-state index is -0.0576. The van der Waals surface area contributed by atoms with Crippen molar-refractivity contribution in [3.8, 4) is 11.4 Å². The Hall–Kier alpha value is -2.40. The fourth-order valence-electron chi connectivity index (χ4n) is 3.28. The van der Waals surface area contributed by atoms with Crippen LogP contribution >= 0.6 is 11.3 Å². The zero-order valence-corrected chi connectivity index (χ0v) is 14.2. The molecule has 1 aliphatic carbocycles. The molecule has 2 heterocycles. The summed E-state index contributed by atoms with van der Waals surface area (Å²) in [5.41, 5.74) is 4.22. The van der Waals surface area contributed by atoms with Crippen molar-refractivity contribution in [3.63, 3.8) is 0 Å². The second kappa shape index (κ2) is 6.61. The number of nitrogens with one attached hydrogen (secondary N) is 2. The maximum atomic E-state index is 12.7. The van der Waals surface area contributed by atoms with Crippen molar-refractivity contribution in [2.45, 2.75) is 32.2 Å². The topological polar surface area (TPSA) is 57.8 Å². The van der Waals surface area contributed by atoms with Crippen molar-refractivity contribution in [1.82, 2.24) is 15.3 Å². The van der Waals surface area contributed by atoms with Gasteiger partial charge in [0.1, 0.15) is 5.82 Å². The smallest absolute Gasteiger partial charge is 0.252 e. The van der Waals surface area contributed by atoms with Gasteiger partial charge in [-0.3, -0.25) is 4.79 Å². The highest BCUT2D eigenvalue weighted by molar-refractivity contribution is 7.10. The van der Waals surface area contributed by atoms with Crippen LogP contribution in [-0.2, 0) is 19.4 Å². The van der Waals surface area contributed by atoms with E-state index in [1.165, 1.54) is 35.3 Å². The number of aryl methyl sites for hydroxylation is 1. The molecule has 0 spiro atoms. The molecule has 1 aromatic carbocycles. The summed E-state index contributed by atoms with van der Waals surface area (Å²) >= 11 is 1.83. The standard InChI is InChI=1S/C19H19N3OS/c23-19(16-7-2-1-6-15(16)18-20-9-10-21-18)22-11-13-12-24-17-8-4-3-5-14(13)17/h1-2,6-7,9-10,12H,3-5,8,11H2,(H,20,21)(H,22,23). The van der Waals surface area contributed by atoms with Crippen LogP contribution < -0.4 is 5.32 Å². The van der Waals surface area contributed by atoms with E-state index in [0.29, 0.717) is 17.9 Å². The molecule has 0 atom stereocenters. The van der Waals surface area contributed by atoms with Gasteiger partial charge in [0.2, 0.25) is 0 Å². The first-order valence-electron chi connectivity index (χ1n) is 8.28. The number of hydrogen-bond acceptors (Lipinski definition) is 3. The van der Waals surface area contributed by atoms with E-state index < -0.39 is 0 Å². The Morgan fingerprint density at radius 2 is 2.12 bits per heavy atom. The number of fused-ring (bicyclic) bond motifs is 1. The second-order valence-electron chi connectivity index (χ2n) is 6.04. The van der Waals surface area contributed by atoms with E-state index in [1.807, 2.05) is 35.6 Å². The van der Waals surface area contributed by atoms with E-state index in [2.05, 4.69) is 20.7 Å². The number of thiophene rings is 1. The number of rotatable bonds is 4. The third-order valence-electron chi connectivity index (χ3n) is 4.51. The van der Waals surface area contributed by atoms with Crippen LogP contribution in [0.4, 0.5) is 0 Å². The third-order valence-corrected chi connectivity index (χ3v) is 5.65. The Kier molecular flexibility index (Phi) is 4.17. The van der Waals surface area contributed by atoms with Crippen LogP contribution in [0.25, 0.3) is 11.4 Å². The molecule has 1 aliphatic rings. The first kappa shape index (κ1) is 15.1. The molecule has 0 bridgehead atoms. The number of benzene rings is 1. The molecule has 3 aromatic rings. The summed E-state index contributed by atoms with van der Waals surface area (Å²) < 4.78 is 0. The maximum Gasteiger partial charge on any atom is 0.252 e. The molecular weight excluding hydrogens is 318 g/mol. The lowest BCUT2D eigenvalue weighted by molar-refractivity contribution is 0.0951. The van der Waals surface area contributed by atoms with Gasteiger partial charge in [0.05, 0.1) is 5.56 Å². The first-order chi connectivity index (χ1) is 11.8. The van der Waals surface area contributed by atoms with Crippen LogP contribution in [0.1, 0.15) is 39.2 Å². The van der Waals surface area contributed by atoms with Crippen LogP contribution in [-0.4, -0.2) is 15.9 Å². The molecule has 0 saturated heterocycles. The molecule has 2 aromatic heterocycles. The van der Waals surface area contributed by atoms with Gasteiger partial charge < -0.3 is 10.3 Å². The average Bonchev–Trinajstić information content (AvgIpc) is 3.30. The van der Waals surface area contributed by atoms with Crippen molar-refractivity contribution in [2.24, 2.45) is 0 Å². The average molecular weight is 337 g/mol. The van der Waals surface area contributed by atoms with Gasteiger partial charge in [0, 0.05) is 29.4 Å². The van der Waals surface area contributed by atoms with Crippen LogP contribution in [0.3, 0.4) is 0 Å². The van der Waals surface area contributed by atoms with Gasteiger partial charge in [-0.25, -0.2) is 4.98 Å². The summed E-state index contributed by atoms with van der Waals surface area (Å²) in [6, 6.07) is 7.56. The summed E-state index contributed by atoms with van der Waals surface area (Å²) in [4.78, 5) is 21.5. The monoisotopic (exact) mass is 337 g/mol. The molecule has 24 heavy (non-hydrogen) atoms. The van der Waals surface area contributed by atoms with Crippen LogP contribution in [0.5, 0.6) is 0 Å². The Balaban J connectivity index is 1.52. The summed E-state index contributed by atoms with van der Waals surface area (Å²) in [7, 11) is 0. The fourth-order valence-corrected chi connectivity index (χ4v) is 4.43. The highest BCUT2D eigenvalue weighted by atomic mass is 32.1. The molecule has 5 heteroatoms. The number of nitrogens with zero attached hydrogens (tertiary/aromatic N) is 1. The first-order valence-corrected chi connectivity index (χ1v) is 9.16. The third kappa shape index (κ3) is 2.87. The lowest BCUT2D eigenvalue weighted by Gasteiger charge is -2.13. The Bertz CT molecular complexity index is 851. The number of imidazole rings is 1. The van der Waals surface area contributed by atoms with Crippen molar-refractivity contribution < 1.29 is 4.79 Å². The number of aromatic amines is 1. The summed E-state index contributed by atoms with van der Waals surface area (Å²) in [5.74, 6) is 0.659. The molecule has 0 aliphatic heterocycles. The Labute approximate surface area is 145 Å². The second-order valence-corrected chi connectivity index (χ2v) is 7.00. The van der Waals surface area contributed by atoms with Crippen LogP contribution in [0, 0.1) is 0 Å². The minimum absolute atomic E-state index is 0.0576. The SMILES string of the molecule is O=C(NCc1csc2c1CCCC2)c1ccccc1-c1ncc[nH]1. The van der Waals surface area contributed by atoms with Gasteiger partial charge in [-0.15, -0.1) is 11.3 Å². The normalized spacial score (nSPS) is 13.5. The molecule has 2 N–H and O–H groups in total. The van der Waals surface area contributed by atoms with E-state index >= 15 is 0 Å². The van der Waals surface area contributed by atoms with Gasteiger partial charge in [-0.2, -0.15) is 0 Å². The molecular formula is C19H19N3OS. The maximum absolute atomic E-state index is 12.7. The number of aromatic nitrogens is 2. The van der Waals surface area contributed by atoms with E-state index in [4.69, 9.17) is 0 Å². The zero-order chi connectivity index (χ0) is 16.4. The quantitative estimate of drug-likeness (QED) is 0.757. The molecule has 0 saturated carbocycles. The fraction of sp³-hybridized carbons (Fsp3) is 0.263. The lowest BCUT2D eigenvalue weighted by atomic mass is 9.96. The molecule has 0 unspecified atom stereocenters. The zero-order valence-electron chi connectivity index (χ0n) is 13.3. The van der Waals surface area contributed by atoms with Gasteiger partial charge >= 0.3 is 0 Å². The Morgan fingerprint density at radius 3 is 3.00 bits per heavy atom. The molecule has 4 nitrogen and oxygen atoms in total. The lowest BCUT2D eigenvalue weighted by Crippen LogP contribution is -2.24. The Morgan fingerprint density at radius 1 is 1.25 bits per heavy atom. The molecule has 0 fully saturated rings. The van der Waals surface area contributed by atoms with Crippen molar-refractivity contribution >= 4 is 17.2 Å². The van der Waals surface area contributed by atoms with E-state index in [0.717, 1.165) is 12.0 Å². The van der Waals surface area contributed by atoms with Gasteiger partial charge in [0.25, 0.3) is 5.91 Å². The minimum Gasteiger partial charge on any atom is -0.348 e. The number of hydrogen-bond donors (Lipinski definition) is 2.